The summed E-state index contributed by atoms with van der Waals surface area (Å²) in [6.07, 6.45) is -1.35. The molecule has 4 atom stereocenters. The molecule has 1 aromatic carbocycles. The van der Waals surface area contributed by atoms with E-state index >= 15 is 0 Å². The van der Waals surface area contributed by atoms with Crippen LogP contribution in [0.25, 0.3) is 0 Å². The predicted molar refractivity (Wildman–Crippen MR) is 75.0 cm³/mol. The smallest absolute Gasteiger partial charge is 0.338 e. The summed E-state index contributed by atoms with van der Waals surface area (Å²) < 4.78 is 16.8. The van der Waals surface area contributed by atoms with Crippen LogP contribution < -0.4 is 0 Å². The second-order valence-electron chi connectivity index (χ2n) is 6.29. The van der Waals surface area contributed by atoms with Gasteiger partial charge in [-0.1, -0.05) is 18.2 Å². The van der Waals surface area contributed by atoms with Gasteiger partial charge in [0.1, 0.15) is 11.8 Å². The number of amides is 1. The maximum atomic E-state index is 12.3. The highest BCUT2D eigenvalue weighted by Crippen LogP contribution is 2.44. The fraction of sp³-hybridized carbons (Fsp3) is 0.500. The molecule has 6 nitrogen and oxygen atoms in total. The number of esters is 1. The van der Waals surface area contributed by atoms with Crippen molar-refractivity contribution in [1.82, 2.24) is 4.90 Å². The van der Waals surface area contributed by atoms with Crippen molar-refractivity contribution >= 4 is 11.9 Å². The number of hydrogen-bond acceptors (Lipinski definition) is 5. The monoisotopic (exact) mass is 303 g/mol. The zero-order chi connectivity index (χ0) is 15.5. The van der Waals surface area contributed by atoms with Gasteiger partial charge in [-0.25, -0.2) is 4.79 Å². The molecule has 116 valence electrons. The van der Waals surface area contributed by atoms with Gasteiger partial charge in [-0.05, 0) is 26.0 Å². The molecule has 3 fully saturated rings. The summed E-state index contributed by atoms with van der Waals surface area (Å²) in [5, 5.41) is 0. The number of carbonyl (C=O) groups is 2. The lowest BCUT2D eigenvalue weighted by Crippen LogP contribution is -2.59. The van der Waals surface area contributed by atoms with Crippen molar-refractivity contribution in [3.63, 3.8) is 0 Å². The first-order valence-electron chi connectivity index (χ1n) is 7.38. The van der Waals surface area contributed by atoms with Crippen LogP contribution in [0.4, 0.5) is 0 Å². The summed E-state index contributed by atoms with van der Waals surface area (Å²) in [5.74, 6) is -0.483. The summed E-state index contributed by atoms with van der Waals surface area (Å²) >= 11 is 0. The second-order valence-corrected chi connectivity index (χ2v) is 6.29. The number of benzene rings is 1. The SMILES string of the molecule is CC1(C)OCC2C(OC(=O)c3ccccc3)C3OC3C(=O)N21. The third kappa shape index (κ3) is 1.94. The van der Waals surface area contributed by atoms with Gasteiger partial charge in [-0.3, -0.25) is 4.79 Å². The average Bonchev–Trinajstić information content (AvgIpc) is 3.23. The normalized spacial score (nSPS) is 34.8. The van der Waals surface area contributed by atoms with Crippen LogP contribution in [0, 0.1) is 0 Å². The Morgan fingerprint density at radius 2 is 2.05 bits per heavy atom. The molecular formula is C16H17NO5. The number of fused-ring (bicyclic) bond motifs is 2. The van der Waals surface area contributed by atoms with E-state index in [-0.39, 0.29) is 18.1 Å². The van der Waals surface area contributed by atoms with Crippen molar-refractivity contribution in [3.05, 3.63) is 35.9 Å². The minimum absolute atomic E-state index is 0.0792. The Bertz CT molecular complexity index is 629. The molecule has 1 amide bonds. The molecule has 3 aliphatic heterocycles. The minimum atomic E-state index is -0.698. The lowest BCUT2D eigenvalue weighted by Gasteiger charge is -2.38. The molecule has 0 aliphatic carbocycles. The number of piperidine rings is 1. The molecule has 4 rings (SSSR count). The number of epoxide rings is 1. The predicted octanol–water partition coefficient (Wildman–Crippen LogP) is 0.956. The van der Waals surface area contributed by atoms with Crippen molar-refractivity contribution in [2.45, 2.75) is 43.9 Å². The average molecular weight is 303 g/mol. The molecule has 3 aliphatic rings. The van der Waals surface area contributed by atoms with Crippen LogP contribution in [-0.2, 0) is 19.0 Å². The molecule has 0 radical (unpaired) electrons. The van der Waals surface area contributed by atoms with Crippen molar-refractivity contribution in [2.24, 2.45) is 0 Å². The summed E-state index contributed by atoms with van der Waals surface area (Å²) in [5.41, 5.74) is -0.211. The first kappa shape index (κ1) is 13.7. The van der Waals surface area contributed by atoms with Gasteiger partial charge in [0.15, 0.2) is 12.2 Å². The molecule has 22 heavy (non-hydrogen) atoms. The Balaban J connectivity index is 1.58. The van der Waals surface area contributed by atoms with E-state index in [1.165, 1.54) is 0 Å². The largest absolute Gasteiger partial charge is 0.454 e. The van der Waals surface area contributed by atoms with E-state index in [0.29, 0.717) is 12.2 Å². The fourth-order valence-electron chi connectivity index (χ4n) is 3.34. The van der Waals surface area contributed by atoms with Crippen molar-refractivity contribution in [1.29, 1.82) is 0 Å². The standard InChI is InChI=1S/C16H17NO5/c1-16(2)17-10(8-20-16)11(12-13(21-12)14(17)18)22-15(19)9-6-4-3-5-7-9/h3-7,10-13H,8H2,1-2H3. The summed E-state index contributed by atoms with van der Waals surface area (Å²) in [4.78, 5) is 26.3. The summed E-state index contributed by atoms with van der Waals surface area (Å²) in [6, 6.07) is 8.52. The lowest BCUT2D eigenvalue weighted by molar-refractivity contribution is -0.151. The molecule has 3 heterocycles. The van der Waals surface area contributed by atoms with Gasteiger partial charge < -0.3 is 19.1 Å². The van der Waals surface area contributed by atoms with Gasteiger partial charge in [0.25, 0.3) is 5.91 Å². The van der Waals surface area contributed by atoms with Gasteiger partial charge in [0, 0.05) is 0 Å². The Kier molecular flexibility index (Phi) is 2.83. The zero-order valence-corrected chi connectivity index (χ0v) is 12.4. The van der Waals surface area contributed by atoms with E-state index < -0.39 is 23.9 Å². The van der Waals surface area contributed by atoms with E-state index in [1.54, 1.807) is 29.2 Å². The quantitative estimate of drug-likeness (QED) is 0.601. The highest BCUT2D eigenvalue weighted by Gasteiger charge is 2.66. The topological polar surface area (TPSA) is 68.4 Å². The first-order chi connectivity index (χ1) is 10.5. The Morgan fingerprint density at radius 3 is 2.77 bits per heavy atom. The van der Waals surface area contributed by atoms with Crippen LogP contribution in [0.3, 0.4) is 0 Å². The maximum Gasteiger partial charge on any atom is 0.338 e. The Morgan fingerprint density at radius 1 is 1.32 bits per heavy atom. The molecule has 0 spiro atoms. The van der Waals surface area contributed by atoms with Gasteiger partial charge in [-0.2, -0.15) is 0 Å². The van der Waals surface area contributed by atoms with E-state index in [0.717, 1.165) is 0 Å². The van der Waals surface area contributed by atoms with Gasteiger partial charge in [-0.15, -0.1) is 0 Å². The zero-order valence-electron chi connectivity index (χ0n) is 12.4. The van der Waals surface area contributed by atoms with E-state index in [4.69, 9.17) is 14.2 Å². The van der Waals surface area contributed by atoms with Crippen molar-refractivity contribution in [3.8, 4) is 0 Å². The highest BCUT2D eigenvalue weighted by atomic mass is 16.6. The maximum absolute atomic E-state index is 12.3. The van der Waals surface area contributed by atoms with Crippen LogP contribution in [0.2, 0.25) is 0 Å². The number of ether oxygens (including phenoxy) is 3. The minimum Gasteiger partial charge on any atom is -0.454 e. The summed E-state index contributed by atoms with van der Waals surface area (Å²) in [6.45, 7) is 4.02. The third-order valence-corrected chi connectivity index (χ3v) is 4.48. The molecule has 0 saturated carbocycles. The van der Waals surface area contributed by atoms with Crippen LogP contribution in [0.5, 0.6) is 0 Å². The van der Waals surface area contributed by atoms with Gasteiger partial charge in [0.2, 0.25) is 0 Å². The number of carbonyl (C=O) groups excluding carboxylic acids is 2. The molecule has 1 aromatic rings. The lowest BCUT2D eigenvalue weighted by atomic mass is 9.97. The Hall–Kier alpha value is -1.92. The fourth-order valence-corrected chi connectivity index (χ4v) is 3.34. The van der Waals surface area contributed by atoms with Crippen LogP contribution >= 0.6 is 0 Å². The highest BCUT2D eigenvalue weighted by molar-refractivity contribution is 5.90. The molecule has 4 unspecified atom stereocenters. The Labute approximate surface area is 127 Å². The van der Waals surface area contributed by atoms with Gasteiger partial charge >= 0.3 is 5.97 Å². The van der Waals surface area contributed by atoms with E-state index in [1.807, 2.05) is 19.9 Å². The molecule has 0 N–H and O–H groups in total. The molecular weight excluding hydrogens is 286 g/mol. The molecule has 0 bridgehead atoms. The number of hydrogen-bond donors (Lipinski definition) is 0. The van der Waals surface area contributed by atoms with Crippen LogP contribution in [0.15, 0.2) is 30.3 Å². The summed E-state index contributed by atoms with van der Waals surface area (Å²) in [7, 11) is 0. The molecule has 6 heteroatoms. The molecule has 3 saturated heterocycles. The van der Waals surface area contributed by atoms with E-state index in [2.05, 4.69) is 0 Å². The third-order valence-electron chi connectivity index (χ3n) is 4.48. The second kappa shape index (κ2) is 4.54. The van der Waals surface area contributed by atoms with Crippen molar-refractivity contribution < 1.29 is 23.8 Å². The van der Waals surface area contributed by atoms with E-state index in [9.17, 15) is 9.59 Å². The van der Waals surface area contributed by atoms with Gasteiger partial charge in [0.05, 0.1) is 18.2 Å². The number of rotatable bonds is 2. The number of nitrogens with zero attached hydrogens (tertiary/aromatic N) is 1. The first-order valence-corrected chi connectivity index (χ1v) is 7.38. The van der Waals surface area contributed by atoms with Crippen LogP contribution in [0.1, 0.15) is 24.2 Å². The van der Waals surface area contributed by atoms with Crippen LogP contribution in [-0.4, -0.2) is 53.5 Å². The van der Waals surface area contributed by atoms with Crippen molar-refractivity contribution in [2.75, 3.05) is 6.61 Å². The molecule has 0 aromatic heterocycles.